The van der Waals surface area contributed by atoms with Gasteiger partial charge in [-0.25, -0.2) is 4.98 Å². The maximum atomic E-state index is 10.9. The Labute approximate surface area is 71.6 Å². The molecule has 0 unspecified atom stereocenters. The van der Waals surface area contributed by atoms with Crippen molar-refractivity contribution in [2.75, 3.05) is 5.32 Å². The van der Waals surface area contributed by atoms with Crippen LogP contribution in [0.25, 0.3) is 0 Å². The van der Waals surface area contributed by atoms with E-state index in [9.17, 15) is 4.79 Å². The van der Waals surface area contributed by atoms with Crippen LogP contribution in [0.1, 0.15) is 12.0 Å². The predicted octanol–water partition coefficient (Wildman–Crippen LogP) is -0.240. The predicted molar refractivity (Wildman–Crippen MR) is 46.6 cm³/mol. The Kier molecular flexibility index (Phi) is 1.61. The van der Waals surface area contributed by atoms with Crippen LogP contribution in [-0.2, 0) is 11.2 Å². The van der Waals surface area contributed by atoms with Crippen LogP contribution in [-0.4, -0.2) is 18.7 Å². The zero-order chi connectivity index (χ0) is 8.55. The van der Waals surface area contributed by atoms with E-state index in [1.807, 2.05) is 6.07 Å². The second kappa shape index (κ2) is 2.62. The summed E-state index contributed by atoms with van der Waals surface area (Å²) in [6.45, 7) is 0. The quantitative estimate of drug-likeness (QED) is 0.529. The van der Waals surface area contributed by atoms with Crippen molar-refractivity contribution in [3.8, 4) is 0 Å². The molecule has 1 N–H and O–H groups in total. The van der Waals surface area contributed by atoms with Crippen LogP contribution in [0.3, 0.4) is 0 Å². The molecular weight excluding hydrogens is 151 g/mol. The van der Waals surface area contributed by atoms with Crippen LogP contribution < -0.4 is 10.8 Å². The molecule has 12 heavy (non-hydrogen) atoms. The highest BCUT2D eigenvalue weighted by Crippen LogP contribution is 2.17. The molecule has 2 rings (SSSR count). The third kappa shape index (κ3) is 1.20. The molecule has 3 nitrogen and oxygen atoms in total. The van der Waals surface area contributed by atoms with E-state index in [2.05, 4.69) is 10.3 Å². The molecule has 1 aromatic heterocycles. The van der Waals surface area contributed by atoms with Gasteiger partial charge >= 0.3 is 0 Å². The van der Waals surface area contributed by atoms with Crippen molar-refractivity contribution >= 4 is 25.0 Å². The normalized spacial score (nSPS) is 15.2. The molecule has 0 bridgehead atoms. The van der Waals surface area contributed by atoms with Gasteiger partial charge in [0.1, 0.15) is 13.7 Å². The molecule has 1 aliphatic heterocycles. The number of amides is 1. The molecule has 0 saturated heterocycles. The van der Waals surface area contributed by atoms with Crippen LogP contribution in [0, 0.1) is 0 Å². The number of carbonyl (C=O) groups is 1. The van der Waals surface area contributed by atoms with Gasteiger partial charge in [0.2, 0.25) is 5.91 Å². The molecule has 0 fully saturated rings. The minimum Gasteiger partial charge on any atom is -0.310 e. The third-order valence-corrected chi connectivity index (χ3v) is 1.87. The summed E-state index contributed by atoms with van der Waals surface area (Å²) in [6, 6.07) is 1.85. The Hall–Kier alpha value is -1.32. The van der Waals surface area contributed by atoms with Crippen LogP contribution in [0.15, 0.2) is 12.3 Å². The molecule has 0 atom stereocenters. The number of nitrogens with one attached hydrogen (secondary N) is 1. The van der Waals surface area contributed by atoms with E-state index < -0.39 is 0 Å². The highest BCUT2D eigenvalue weighted by atomic mass is 16.1. The Morgan fingerprint density at radius 2 is 2.33 bits per heavy atom. The number of pyridine rings is 1. The minimum absolute atomic E-state index is 0.0276. The average molecular weight is 158 g/mol. The van der Waals surface area contributed by atoms with E-state index >= 15 is 0 Å². The number of fused-ring (bicyclic) bond motifs is 1. The molecule has 4 heteroatoms. The van der Waals surface area contributed by atoms with Gasteiger partial charge in [-0.3, -0.25) is 4.79 Å². The highest BCUT2D eigenvalue weighted by molar-refractivity contribution is 6.32. The highest BCUT2D eigenvalue weighted by Gasteiger charge is 2.14. The topological polar surface area (TPSA) is 42.0 Å². The number of aryl methyl sites for hydroxylation is 1. The van der Waals surface area contributed by atoms with Crippen LogP contribution in [0.2, 0.25) is 0 Å². The zero-order valence-corrected chi connectivity index (χ0v) is 6.50. The van der Waals surface area contributed by atoms with Gasteiger partial charge in [0, 0.05) is 12.6 Å². The monoisotopic (exact) mass is 158 g/mol. The molecule has 0 aliphatic carbocycles. The van der Waals surface area contributed by atoms with E-state index in [-0.39, 0.29) is 5.91 Å². The van der Waals surface area contributed by atoms with Crippen molar-refractivity contribution < 1.29 is 4.79 Å². The zero-order valence-electron chi connectivity index (χ0n) is 6.50. The number of rotatable bonds is 0. The van der Waals surface area contributed by atoms with Crippen molar-refractivity contribution in [1.82, 2.24) is 4.98 Å². The molecule has 58 valence electrons. The lowest BCUT2D eigenvalue weighted by molar-refractivity contribution is -0.116. The summed E-state index contributed by atoms with van der Waals surface area (Å²) in [7, 11) is 5.54. The van der Waals surface area contributed by atoms with Gasteiger partial charge in [-0.2, -0.15) is 0 Å². The van der Waals surface area contributed by atoms with E-state index in [1.165, 1.54) is 0 Å². The summed E-state index contributed by atoms with van der Waals surface area (Å²) in [5, 5.41) is 2.68. The van der Waals surface area contributed by atoms with Gasteiger partial charge in [-0.15, -0.1) is 0 Å². The van der Waals surface area contributed by atoms with Crippen molar-refractivity contribution in [2.24, 2.45) is 0 Å². The van der Waals surface area contributed by atoms with Gasteiger partial charge in [0.25, 0.3) is 0 Å². The van der Waals surface area contributed by atoms with Crippen molar-refractivity contribution in [2.45, 2.75) is 12.8 Å². The van der Waals surface area contributed by atoms with Crippen molar-refractivity contribution in [3.05, 3.63) is 17.8 Å². The molecular formula is C8H7BN2O. The maximum Gasteiger partial charge on any atom is 0.225 e. The van der Waals surface area contributed by atoms with E-state index in [1.54, 1.807) is 6.20 Å². The van der Waals surface area contributed by atoms with Gasteiger partial charge in [-0.05, 0) is 12.0 Å². The van der Waals surface area contributed by atoms with Crippen molar-refractivity contribution in [1.29, 1.82) is 0 Å². The first-order chi connectivity index (χ1) is 5.75. The lowest BCUT2D eigenvalue weighted by Gasteiger charge is -2.15. The second-order valence-electron chi connectivity index (χ2n) is 2.82. The van der Waals surface area contributed by atoms with Crippen LogP contribution in [0.5, 0.6) is 0 Å². The molecule has 0 spiro atoms. The summed E-state index contributed by atoms with van der Waals surface area (Å²) < 4.78 is 0. The summed E-state index contributed by atoms with van der Waals surface area (Å²) in [5.74, 6) is 0.681. The average Bonchev–Trinajstić information content (AvgIpc) is 2.05. The fourth-order valence-electron chi connectivity index (χ4n) is 1.27. The fourth-order valence-corrected chi connectivity index (χ4v) is 1.27. The number of aromatic nitrogens is 1. The molecule has 2 heterocycles. The smallest absolute Gasteiger partial charge is 0.225 e. The standard InChI is InChI=1S/C8H7BN2O/c9-6-3-5-1-2-7(12)11-8(5)10-4-6/h3-4H,1-2H2,(H,10,11,12). The summed E-state index contributed by atoms with van der Waals surface area (Å²) >= 11 is 0. The van der Waals surface area contributed by atoms with Crippen molar-refractivity contribution in [3.63, 3.8) is 0 Å². The summed E-state index contributed by atoms with van der Waals surface area (Å²) in [4.78, 5) is 14.9. The van der Waals surface area contributed by atoms with Crippen LogP contribution in [0.4, 0.5) is 5.82 Å². The molecule has 0 aromatic carbocycles. The first kappa shape index (κ1) is 7.34. The van der Waals surface area contributed by atoms with Gasteiger partial charge < -0.3 is 5.32 Å². The van der Waals surface area contributed by atoms with E-state index in [0.29, 0.717) is 17.7 Å². The number of anilines is 1. The SMILES string of the molecule is [B]c1cnc2c(c1)CCC(=O)N2. The summed E-state index contributed by atoms with van der Waals surface area (Å²) in [6.07, 6.45) is 2.81. The third-order valence-electron chi connectivity index (χ3n) is 1.87. The van der Waals surface area contributed by atoms with Gasteiger partial charge in [0.15, 0.2) is 0 Å². The number of hydrogen-bond donors (Lipinski definition) is 1. The van der Waals surface area contributed by atoms with Gasteiger partial charge in [-0.1, -0.05) is 11.5 Å². The Morgan fingerprint density at radius 3 is 3.17 bits per heavy atom. The van der Waals surface area contributed by atoms with Gasteiger partial charge in [0.05, 0.1) is 0 Å². The maximum absolute atomic E-state index is 10.9. The largest absolute Gasteiger partial charge is 0.310 e. The van der Waals surface area contributed by atoms with Crippen LogP contribution >= 0.6 is 0 Å². The first-order valence-electron chi connectivity index (χ1n) is 3.80. The summed E-state index contributed by atoms with van der Waals surface area (Å²) in [5.41, 5.74) is 1.67. The molecule has 1 aromatic rings. The minimum atomic E-state index is 0.0276. The lowest BCUT2D eigenvalue weighted by Crippen LogP contribution is -2.22. The molecule has 1 aliphatic rings. The Balaban J connectivity index is 2.43. The fraction of sp³-hybridized carbons (Fsp3) is 0.250. The number of hydrogen-bond acceptors (Lipinski definition) is 2. The lowest BCUT2D eigenvalue weighted by atomic mass is 9.94. The number of carbonyl (C=O) groups excluding carboxylic acids is 1. The Bertz CT molecular complexity index is 338. The van der Waals surface area contributed by atoms with E-state index in [0.717, 1.165) is 12.0 Å². The first-order valence-corrected chi connectivity index (χ1v) is 3.80. The second-order valence-corrected chi connectivity index (χ2v) is 2.82. The molecule has 0 saturated carbocycles. The Morgan fingerprint density at radius 1 is 1.50 bits per heavy atom. The molecule has 1 amide bonds. The molecule has 2 radical (unpaired) electrons. The van der Waals surface area contributed by atoms with E-state index in [4.69, 9.17) is 7.85 Å². The number of nitrogens with zero attached hydrogens (tertiary/aromatic N) is 1.